The summed E-state index contributed by atoms with van der Waals surface area (Å²) >= 11 is 0. The molecule has 33 heavy (non-hydrogen) atoms. The van der Waals surface area contributed by atoms with Crippen molar-refractivity contribution in [1.82, 2.24) is 15.1 Å². The van der Waals surface area contributed by atoms with Crippen LogP contribution in [0.4, 0.5) is 5.69 Å². The van der Waals surface area contributed by atoms with Gasteiger partial charge in [-0.15, -0.1) is 0 Å². The minimum atomic E-state index is 0.0204. The first-order valence-electron chi connectivity index (χ1n) is 12.1. The number of hydrogen-bond acceptors (Lipinski definition) is 4. The summed E-state index contributed by atoms with van der Waals surface area (Å²) < 4.78 is 7.81. The second-order valence-electron chi connectivity index (χ2n) is 9.08. The molecule has 1 amide bonds. The molecule has 6 nitrogen and oxygen atoms in total. The van der Waals surface area contributed by atoms with Crippen LogP contribution in [0.5, 0.6) is 0 Å². The molecule has 1 unspecified atom stereocenters. The van der Waals surface area contributed by atoms with E-state index in [1.165, 1.54) is 17.7 Å². The number of nitrogens with one attached hydrogen (secondary N) is 1. The third kappa shape index (κ3) is 5.28. The topological polar surface area (TPSA) is 59.4 Å². The van der Waals surface area contributed by atoms with Crippen LogP contribution in [0.2, 0.25) is 0 Å². The first kappa shape index (κ1) is 21.7. The summed E-state index contributed by atoms with van der Waals surface area (Å²) in [6.45, 7) is 3.60. The fraction of sp³-hybridized carbons (Fsp3) is 0.407. The fourth-order valence-electron chi connectivity index (χ4n) is 4.77. The smallest absolute Gasteiger partial charge is 0.251 e. The predicted octanol–water partition coefficient (Wildman–Crippen LogP) is 4.90. The minimum absolute atomic E-state index is 0.0204. The predicted molar refractivity (Wildman–Crippen MR) is 130 cm³/mol. The molecular formula is C27H32N4O2. The Labute approximate surface area is 195 Å². The molecule has 3 aromatic rings. The summed E-state index contributed by atoms with van der Waals surface area (Å²) in [5.74, 6) is 0.549. The molecule has 2 aliphatic rings. The molecule has 2 fully saturated rings. The van der Waals surface area contributed by atoms with Crippen LogP contribution in [-0.4, -0.2) is 41.9 Å². The summed E-state index contributed by atoms with van der Waals surface area (Å²) in [5.41, 5.74) is 4.29. The highest BCUT2D eigenvalue weighted by molar-refractivity contribution is 5.94. The Morgan fingerprint density at radius 2 is 1.76 bits per heavy atom. The van der Waals surface area contributed by atoms with Crippen LogP contribution >= 0.6 is 0 Å². The molecule has 1 atom stereocenters. The van der Waals surface area contributed by atoms with Crippen molar-refractivity contribution in [2.75, 3.05) is 31.1 Å². The molecule has 0 spiro atoms. The van der Waals surface area contributed by atoms with Crippen LogP contribution in [0.3, 0.4) is 0 Å². The van der Waals surface area contributed by atoms with Crippen molar-refractivity contribution in [2.24, 2.45) is 5.92 Å². The van der Waals surface area contributed by atoms with Gasteiger partial charge in [-0.25, -0.2) is 4.68 Å². The number of ether oxygens (including phenoxy) is 1. The number of amides is 1. The number of aromatic nitrogens is 2. The lowest BCUT2D eigenvalue weighted by Gasteiger charge is -2.33. The second-order valence-corrected chi connectivity index (χ2v) is 9.08. The molecule has 2 aromatic carbocycles. The van der Waals surface area contributed by atoms with Gasteiger partial charge in [0.2, 0.25) is 0 Å². The van der Waals surface area contributed by atoms with Gasteiger partial charge in [0.1, 0.15) is 6.23 Å². The number of nitrogens with zero attached hydrogens (tertiary/aromatic N) is 3. The molecule has 0 aliphatic carbocycles. The third-order valence-corrected chi connectivity index (χ3v) is 6.82. The van der Waals surface area contributed by atoms with E-state index in [9.17, 15) is 4.79 Å². The Balaban J connectivity index is 1.12. The van der Waals surface area contributed by atoms with Gasteiger partial charge in [-0.1, -0.05) is 30.3 Å². The van der Waals surface area contributed by atoms with Crippen LogP contribution in [0.1, 0.15) is 48.7 Å². The lowest BCUT2D eigenvalue weighted by molar-refractivity contribution is -0.0394. The van der Waals surface area contributed by atoms with Crippen molar-refractivity contribution in [1.29, 1.82) is 0 Å². The first-order chi connectivity index (χ1) is 16.3. The Morgan fingerprint density at radius 3 is 2.48 bits per heavy atom. The average molecular weight is 445 g/mol. The van der Waals surface area contributed by atoms with Crippen molar-refractivity contribution in [3.8, 4) is 11.1 Å². The molecule has 2 aliphatic heterocycles. The molecule has 0 bridgehead atoms. The maximum atomic E-state index is 12.3. The van der Waals surface area contributed by atoms with Crippen LogP contribution < -0.4 is 10.2 Å². The maximum absolute atomic E-state index is 12.3. The molecule has 5 rings (SSSR count). The Bertz CT molecular complexity index is 1030. The number of piperidine rings is 1. The van der Waals surface area contributed by atoms with E-state index in [-0.39, 0.29) is 12.1 Å². The summed E-state index contributed by atoms with van der Waals surface area (Å²) in [6.07, 6.45) is 9.66. The van der Waals surface area contributed by atoms with E-state index in [4.69, 9.17) is 4.74 Å². The normalized spacial score (nSPS) is 19.4. The van der Waals surface area contributed by atoms with Gasteiger partial charge < -0.3 is 15.0 Å². The first-order valence-corrected chi connectivity index (χ1v) is 12.1. The highest BCUT2D eigenvalue weighted by atomic mass is 16.5. The van der Waals surface area contributed by atoms with E-state index in [2.05, 4.69) is 45.8 Å². The van der Waals surface area contributed by atoms with Crippen LogP contribution in [0.15, 0.2) is 67.0 Å². The lowest BCUT2D eigenvalue weighted by atomic mass is 9.96. The van der Waals surface area contributed by atoms with Gasteiger partial charge in [0, 0.05) is 49.3 Å². The zero-order chi connectivity index (χ0) is 22.5. The highest BCUT2D eigenvalue weighted by Crippen LogP contribution is 2.28. The van der Waals surface area contributed by atoms with Crippen LogP contribution in [0.25, 0.3) is 11.1 Å². The summed E-state index contributed by atoms with van der Waals surface area (Å²) in [7, 11) is 0. The SMILES string of the molecule is O=C(NCC1CCN(c2ccc(-c3cnn(C4CCCCO4)c3)cc2)CC1)c1ccccc1. The quantitative estimate of drug-likeness (QED) is 0.588. The number of carbonyl (C=O) groups is 1. The number of anilines is 1. The third-order valence-electron chi connectivity index (χ3n) is 6.82. The molecule has 3 heterocycles. The van der Waals surface area contributed by atoms with Crippen molar-refractivity contribution < 1.29 is 9.53 Å². The zero-order valence-corrected chi connectivity index (χ0v) is 19.0. The Morgan fingerprint density at radius 1 is 0.970 bits per heavy atom. The van der Waals surface area contributed by atoms with Gasteiger partial charge in [0.25, 0.3) is 5.91 Å². The molecule has 2 saturated heterocycles. The Hall–Kier alpha value is -3.12. The number of benzene rings is 2. The largest absolute Gasteiger partial charge is 0.372 e. The average Bonchev–Trinajstić information content (AvgIpc) is 3.39. The molecule has 0 saturated carbocycles. The fourth-order valence-corrected chi connectivity index (χ4v) is 4.77. The molecule has 172 valence electrons. The number of carbonyl (C=O) groups excluding carboxylic acids is 1. The molecule has 1 N–H and O–H groups in total. The van der Waals surface area contributed by atoms with Gasteiger partial charge in [0.15, 0.2) is 0 Å². The van der Waals surface area contributed by atoms with Gasteiger partial charge in [-0.05, 0) is 67.9 Å². The van der Waals surface area contributed by atoms with Gasteiger partial charge in [-0.2, -0.15) is 5.10 Å². The van der Waals surface area contributed by atoms with Gasteiger partial charge in [-0.3, -0.25) is 4.79 Å². The molecule has 1 aromatic heterocycles. The standard InChI is InChI=1S/C27H32N4O2/c32-27(23-6-2-1-3-7-23)28-18-21-13-15-30(16-14-21)25-11-9-22(10-12-25)24-19-29-31(20-24)26-8-4-5-17-33-26/h1-3,6-7,9-12,19-21,26H,4-5,8,13-18H2,(H,28,32). The highest BCUT2D eigenvalue weighted by Gasteiger charge is 2.21. The molecular weight excluding hydrogens is 412 g/mol. The second kappa shape index (κ2) is 10.2. The van der Waals surface area contributed by atoms with E-state index in [0.29, 0.717) is 5.92 Å². The minimum Gasteiger partial charge on any atom is -0.372 e. The monoisotopic (exact) mass is 444 g/mol. The van der Waals surface area contributed by atoms with E-state index in [1.807, 2.05) is 41.2 Å². The van der Waals surface area contributed by atoms with E-state index >= 15 is 0 Å². The van der Waals surface area contributed by atoms with Crippen molar-refractivity contribution in [2.45, 2.75) is 38.3 Å². The van der Waals surface area contributed by atoms with E-state index in [1.54, 1.807) is 0 Å². The maximum Gasteiger partial charge on any atom is 0.251 e. The zero-order valence-electron chi connectivity index (χ0n) is 19.0. The summed E-state index contributed by atoms with van der Waals surface area (Å²) in [6, 6.07) is 18.2. The van der Waals surface area contributed by atoms with Crippen molar-refractivity contribution >= 4 is 11.6 Å². The summed E-state index contributed by atoms with van der Waals surface area (Å²) in [4.78, 5) is 14.7. The van der Waals surface area contributed by atoms with Crippen LogP contribution in [-0.2, 0) is 4.74 Å². The molecule has 0 radical (unpaired) electrons. The molecule has 6 heteroatoms. The van der Waals surface area contributed by atoms with Gasteiger partial charge in [0.05, 0.1) is 6.20 Å². The lowest BCUT2D eigenvalue weighted by Crippen LogP contribution is -2.38. The van der Waals surface area contributed by atoms with E-state index in [0.717, 1.165) is 63.1 Å². The van der Waals surface area contributed by atoms with Crippen molar-refractivity contribution in [3.63, 3.8) is 0 Å². The van der Waals surface area contributed by atoms with Crippen LogP contribution in [0, 0.1) is 5.92 Å². The van der Waals surface area contributed by atoms with Crippen molar-refractivity contribution in [3.05, 3.63) is 72.6 Å². The Kier molecular flexibility index (Phi) is 6.72. The number of hydrogen-bond donors (Lipinski definition) is 1. The number of rotatable bonds is 6. The summed E-state index contributed by atoms with van der Waals surface area (Å²) in [5, 5.41) is 7.64. The van der Waals surface area contributed by atoms with Gasteiger partial charge >= 0.3 is 0 Å². The van der Waals surface area contributed by atoms with E-state index < -0.39 is 0 Å².